The molecule has 0 aliphatic heterocycles. The van der Waals surface area contributed by atoms with Crippen molar-refractivity contribution in [3.05, 3.63) is 34.4 Å². The number of unbranched alkanes of at least 4 members (excludes halogenated alkanes) is 34. The van der Waals surface area contributed by atoms with Crippen LogP contribution < -0.4 is 0 Å². The molecule has 334 valence electrons. The van der Waals surface area contributed by atoms with Crippen LogP contribution in [0, 0.1) is 0 Å². The van der Waals surface area contributed by atoms with E-state index in [1.54, 1.807) is 0 Å². The van der Waals surface area contributed by atoms with Crippen molar-refractivity contribution in [1.82, 2.24) is 0 Å². The first-order valence-electron chi connectivity index (χ1n) is 24.3. The molecule has 1 aromatic carbocycles. The number of carboxylic acids is 2. The van der Waals surface area contributed by atoms with Crippen LogP contribution in [-0.2, 0) is 9.47 Å². The molecular weight excluding hydrogens is 729 g/mol. The van der Waals surface area contributed by atoms with Crippen LogP contribution in [0.3, 0.4) is 0 Å². The summed E-state index contributed by atoms with van der Waals surface area (Å²) in [6.07, 6.45) is 45.0. The van der Waals surface area contributed by atoms with Gasteiger partial charge in [-0.3, -0.25) is 0 Å². The number of benzene rings is 1. The molecule has 0 fully saturated rings. The first kappa shape index (κ1) is 53.1. The van der Waals surface area contributed by atoms with Crippen molar-refractivity contribution in [3.63, 3.8) is 0 Å². The second kappa shape index (κ2) is 38.3. The lowest BCUT2D eigenvalue weighted by atomic mass is 9.98. The Morgan fingerprint density at radius 3 is 0.707 bits per heavy atom. The van der Waals surface area contributed by atoms with Gasteiger partial charge in [-0.2, -0.15) is 0 Å². The highest BCUT2D eigenvalue weighted by atomic mass is 16.5. The topological polar surface area (TPSA) is 127 Å². The molecule has 58 heavy (non-hydrogen) atoms. The fourth-order valence-corrected chi connectivity index (χ4v) is 7.78. The predicted molar refractivity (Wildman–Crippen MR) is 238 cm³/mol. The number of hydrogen-bond donors (Lipinski definition) is 2. The predicted octanol–water partition coefficient (Wildman–Crippen LogP) is 15.5. The highest BCUT2D eigenvalue weighted by Gasteiger charge is 2.27. The van der Waals surface area contributed by atoms with Crippen molar-refractivity contribution < 1.29 is 38.9 Å². The fraction of sp³-hybridized carbons (Fsp3) is 0.800. The molecule has 0 aliphatic carbocycles. The molecular formula is C50H86O8. The quantitative estimate of drug-likeness (QED) is 0.0493. The van der Waals surface area contributed by atoms with Crippen LogP contribution in [0.1, 0.15) is 286 Å². The van der Waals surface area contributed by atoms with Gasteiger partial charge in [-0.15, -0.1) is 0 Å². The molecule has 0 unspecified atom stereocenters. The Labute approximate surface area is 354 Å². The first-order valence-corrected chi connectivity index (χ1v) is 24.3. The molecule has 8 heteroatoms. The minimum atomic E-state index is -1.45. The average molecular weight is 815 g/mol. The van der Waals surface area contributed by atoms with Gasteiger partial charge < -0.3 is 19.7 Å². The number of aromatic carboxylic acids is 2. The summed E-state index contributed by atoms with van der Waals surface area (Å²) in [4.78, 5) is 49.9. The average Bonchev–Trinajstić information content (AvgIpc) is 3.21. The molecule has 8 nitrogen and oxygen atoms in total. The first-order chi connectivity index (χ1) is 28.3. The Kier molecular flexibility index (Phi) is 35.1. The Bertz CT molecular complexity index is 1100. The SMILES string of the molecule is CCCCCCCCCCCCCCCCCCCCOC(=O)c1cc(C(=O)O)c(C(=O)OCCCCCCCCCCCCCCCCCCCC)cc1C(=O)O. The Morgan fingerprint density at radius 1 is 0.328 bits per heavy atom. The maximum absolute atomic E-state index is 12.9. The van der Waals surface area contributed by atoms with E-state index in [-0.39, 0.29) is 24.3 Å². The van der Waals surface area contributed by atoms with Crippen LogP contribution in [0.4, 0.5) is 0 Å². The Hall–Kier alpha value is -2.90. The lowest BCUT2D eigenvalue weighted by Crippen LogP contribution is -2.19. The molecule has 0 heterocycles. The number of carbonyl (C=O) groups is 4. The van der Waals surface area contributed by atoms with Crippen LogP contribution in [-0.4, -0.2) is 47.3 Å². The van der Waals surface area contributed by atoms with Crippen molar-refractivity contribution in [2.45, 2.75) is 245 Å². The number of carbonyl (C=O) groups excluding carboxylic acids is 2. The number of rotatable bonds is 42. The monoisotopic (exact) mass is 815 g/mol. The molecule has 0 aliphatic rings. The van der Waals surface area contributed by atoms with Gasteiger partial charge in [0.15, 0.2) is 0 Å². The lowest BCUT2D eigenvalue weighted by molar-refractivity contribution is 0.0472. The summed E-state index contributed by atoms with van der Waals surface area (Å²) in [5.41, 5.74) is -1.72. The van der Waals surface area contributed by atoms with Gasteiger partial charge >= 0.3 is 23.9 Å². The lowest BCUT2D eigenvalue weighted by Gasteiger charge is -2.12. The van der Waals surface area contributed by atoms with E-state index < -0.39 is 35.0 Å². The summed E-state index contributed by atoms with van der Waals surface area (Å²) in [7, 11) is 0. The van der Waals surface area contributed by atoms with E-state index in [9.17, 15) is 29.4 Å². The minimum Gasteiger partial charge on any atom is -0.478 e. The molecule has 2 N–H and O–H groups in total. The zero-order chi connectivity index (χ0) is 42.3. The van der Waals surface area contributed by atoms with Crippen LogP contribution in [0.25, 0.3) is 0 Å². The number of carboxylic acid groups (broad SMARTS) is 2. The largest absolute Gasteiger partial charge is 0.478 e. The molecule has 0 aromatic heterocycles. The highest BCUT2D eigenvalue weighted by molar-refractivity contribution is 6.09. The van der Waals surface area contributed by atoms with Gasteiger partial charge in [0.25, 0.3) is 0 Å². The van der Waals surface area contributed by atoms with E-state index in [0.717, 1.165) is 50.7 Å². The van der Waals surface area contributed by atoms with Gasteiger partial charge in [0, 0.05) is 0 Å². The van der Waals surface area contributed by atoms with E-state index in [1.165, 1.54) is 180 Å². The summed E-state index contributed by atoms with van der Waals surface area (Å²) in [5, 5.41) is 19.6. The van der Waals surface area contributed by atoms with Crippen molar-refractivity contribution in [2.24, 2.45) is 0 Å². The van der Waals surface area contributed by atoms with E-state index in [0.29, 0.717) is 12.8 Å². The maximum Gasteiger partial charge on any atom is 0.339 e. The van der Waals surface area contributed by atoms with E-state index in [2.05, 4.69) is 13.8 Å². The van der Waals surface area contributed by atoms with E-state index in [4.69, 9.17) is 9.47 Å². The standard InChI is InChI=1S/C50H86O8/c1-3-5-7-9-11-13-15-17-19-21-23-25-27-29-31-33-35-37-39-57-49(55)45-41-44(48(53)54)46(42-43(45)47(51)52)50(56)58-40-38-36-34-32-30-28-26-24-22-20-18-16-14-12-10-8-6-4-2/h41-42H,3-40H2,1-2H3,(H,51,52)(H,53,54). The molecule has 0 saturated carbocycles. The summed E-state index contributed by atoms with van der Waals surface area (Å²) >= 11 is 0. The van der Waals surface area contributed by atoms with Crippen molar-refractivity contribution in [2.75, 3.05) is 13.2 Å². The normalized spacial score (nSPS) is 11.2. The van der Waals surface area contributed by atoms with E-state index >= 15 is 0 Å². The van der Waals surface area contributed by atoms with E-state index in [1.807, 2.05) is 0 Å². The fourth-order valence-electron chi connectivity index (χ4n) is 7.78. The Morgan fingerprint density at radius 2 is 0.517 bits per heavy atom. The summed E-state index contributed by atoms with van der Waals surface area (Å²) < 4.78 is 10.7. The Balaban J connectivity index is 2.22. The van der Waals surface area contributed by atoms with Gasteiger partial charge in [0.1, 0.15) is 0 Å². The van der Waals surface area contributed by atoms with Crippen molar-refractivity contribution in [3.8, 4) is 0 Å². The third-order valence-corrected chi connectivity index (χ3v) is 11.5. The molecule has 0 bridgehead atoms. The third-order valence-electron chi connectivity index (χ3n) is 11.5. The van der Waals surface area contributed by atoms with Gasteiger partial charge in [-0.1, -0.05) is 232 Å². The zero-order valence-electron chi connectivity index (χ0n) is 37.4. The van der Waals surface area contributed by atoms with Crippen molar-refractivity contribution in [1.29, 1.82) is 0 Å². The number of esters is 2. The summed E-state index contributed by atoms with van der Waals surface area (Å²) in [6, 6.07) is 1.85. The minimum absolute atomic E-state index is 0.113. The second-order valence-corrected chi connectivity index (χ2v) is 16.8. The van der Waals surface area contributed by atoms with Crippen LogP contribution in [0.2, 0.25) is 0 Å². The van der Waals surface area contributed by atoms with Crippen LogP contribution in [0.15, 0.2) is 12.1 Å². The molecule has 0 saturated heterocycles. The molecule has 0 atom stereocenters. The summed E-state index contributed by atoms with van der Waals surface area (Å²) in [6.45, 7) is 4.75. The van der Waals surface area contributed by atoms with Gasteiger partial charge in [0.05, 0.1) is 35.5 Å². The van der Waals surface area contributed by atoms with Crippen LogP contribution >= 0.6 is 0 Å². The second-order valence-electron chi connectivity index (χ2n) is 16.8. The number of ether oxygens (including phenoxy) is 2. The molecule has 0 amide bonds. The van der Waals surface area contributed by atoms with Gasteiger partial charge in [0.2, 0.25) is 0 Å². The molecule has 0 radical (unpaired) electrons. The van der Waals surface area contributed by atoms with Crippen LogP contribution in [0.5, 0.6) is 0 Å². The third kappa shape index (κ3) is 28.5. The molecule has 0 spiro atoms. The maximum atomic E-state index is 12.9. The van der Waals surface area contributed by atoms with Crippen molar-refractivity contribution >= 4 is 23.9 Å². The zero-order valence-corrected chi connectivity index (χ0v) is 37.4. The summed E-state index contributed by atoms with van der Waals surface area (Å²) in [5.74, 6) is -4.72. The number of hydrogen-bond acceptors (Lipinski definition) is 6. The molecule has 1 aromatic rings. The highest BCUT2D eigenvalue weighted by Crippen LogP contribution is 2.22. The van der Waals surface area contributed by atoms with Gasteiger partial charge in [-0.05, 0) is 25.0 Å². The van der Waals surface area contributed by atoms with Gasteiger partial charge in [-0.25, -0.2) is 19.2 Å². The smallest absolute Gasteiger partial charge is 0.339 e. The molecule has 1 rings (SSSR count).